The van der Waals surface area contributed by atoms with Crippen molar-refractivity contribution < 1.29 is 19.2 Å². The number of β-lactam (4-membered cyclic amide) rings is 1. The first kappa shape index (κ1) is 12.5. The van der Waals surface area contributed by atoms with Crippen LogP contribution in [-0.2, 0) is 25.8 Å². The molecular formula is C12H14N2O4. The summed E-state index contributed by atoms with van der Waals surface area (Å²) >= 11 is 0. The average molecular weight is 250 g/mol. The second-order valence-electron chi connectivity index (χ2n) is 3.88. The van der Waals surface area contributed by atoms with Crippen LogP contribution in [0.1, 0.15) is 5.56 Å². The molecule has 0 aromatic heterocycles. The Balaban J connectivity index is 1.77. The first-order valence-corrected chi connectivity index (χ1v) is 5.51. The van der Waals surface area contributed by atoms with Gasteiger partial charge in [0, 0.05) is 7.11 Å². The molecule has 0 radical (unpaired) electrons. The van der Waals surface area contributed by atoms with Gasteiger partial charge in [0.1, 0.15) is 6.23 Å². The third-order valence-electron chi connectivity index (χ3n) is 2.66. The molecule has 18 heavy (non-hydrogen) atoms. The molecule has 2 amide bonds. The minimum Gasteiger partial charge on any atom is -0.360 e. The highest BCUT2D eigenvalue weighted by molar-refractivity contribution is 6.04. The predicted molar refractivity (Wildman–Crippen MR) is 61.8 cm³/mol. The van der Waals surface area contributed by atoms with Crippen molar-refractivity contribution in [3.63, 3.8) is 0 Å². The first-order valence-electron chi connectivity index (χ1n) is 5.51. The number of carbonyl (C=O) groups is 2. The number of rotatable bonds is 5. The number of nitrogens with one attached hydrogen (secondary N) is 2. The SMILES string of the molecule is CO[C@H]1NC(=O)[C@H]1C(=O)NOCc1ccccc1. The Morgan fingerprint density at radius 2 is 2.11 bits per heavy atom. The van der Waals surface area contributed by atoms with Crippen LogP contribution in [0.25, 0.3) is 0 Å². The van der Waals surface area contributed by atoms with E-state index in [1.807, 2.05) is 30.3 Å². The molecule has 1 aliphatic rings. The van der Waals surface area contributed by atoms with Crippen molar-refractivity contribution in [3.05, 3.63) is 35.9 Å². The lowest BCUT2D eigenvalue weighted by atomic mass is 9.99. The van der Waals surface area contributed by atoms with Gasteiger partial charge in [-0.15, -0.1) is 0 Å². The molecule has 0 unspecified atom stereocenters. The van der Waals surface area contributed by atoms with Gasteiger partial charge in [-0.1, -0.05) is 30.3 Å². The van der Waals surface area contributed by atoms with Gasteiger partial charge in [-0.2, -0.15) is 0 Å². The number of ether oxygens (including phenoxy) is 1. The Labute approximate surface area is 104 Å². The standard InChI is InChI=1S/C12H14N2O4/c1-17-12-9(10(15)13-12)11(16)14-18-7-8-5-3-2-4-6-8/h2-6,9,12H,7H2,1H3,(H,13,15)(H,14,16)/t9-,12+/m0/s1. The summed E-state index contributed by atoms with van der Waals surface area (Å²) < 4.78 is 4.91. The molecule has 1 fully saturated rings. The number of methoxy groups -OCH3 is 1. The summed E-state index contributed by atoms with van der Waals surface area (Å²) in [5.74, 6) is -1.70. The third kappa shape index (κ3) is 2.66. The zero-order valence-corrected chi connectivity index (χ0v) is 9.88. The normalized spacial score (nSPS) is 21.9. The molecule has 2 rings (SSSR count). The van der Waals surface area contributed by atoms with Crippen LogP contribution in [0.5, 0.6) is 0 Å². The number of carbonyl (C=O) groups excluding carboxylic acids is 2. The van der Waals surface area contributed by atoms with Gasteiger partial charge in [0.2, 0.25) is 5.91 Å². The van der Waals surface area contributed by atoms with E-state index in [0.29, 0.717) is 0 Å². The molecule has 0 saturated carbocycles. The molecule has 1 heterocycles. The summed E-state index contributed by atoms with van der Waals surface area (Å²) in [6.45, 7) is 0.249. The monoisotopic (exact) mass is 250 g/mol. The fourth-order valence-corrected chi connectivity index (χ4v) is 1.63. The molecule has 6 heteroatoms. The molecule has 6 nitrogen and oxygen atoms in total. The van der Waals surface area contributed by atoms with Crippen LogP contribution >= 0.6 is 0 Å². The summed E-state index contributed by atoms with van der Waals surface area (Å²) in [5.41, 5.74) is 3.18. The Morgan fingerprint density at radius 1 is 1.39 bits per heavy atom. The van der Waals surface area contributed by atoms with Gasteiger partial charge in [-0.05, 0) is 5.56 Å². The maximum atomic E-state index is 11.6. The van der Waals surface area contributed by atoms with Crippen molar-refractivity contribution in [2.24, 2.45) is 5.92 Å². The maximum Gasteiger partial charge on any atom is 0.260 e. The van der Waals surface area contributed by atoms with E-state index in [1.165, 1.54) is 7.11 Å². The lowest BCUT2D eigenvalue weighted by molar-refractivity contribution is -0.164. The lowest BCUT2D eigenvalue weighted by Crippen LogP contribution is -2.64. The molecule has 2 N–H and O–H groups in total. The van der Waals surface area contributed by atoms with Crippen molar-refractivity contribution in [2.45, 2.75) is 12.8 Å². The van der Waals surface area contributed by atoms with E-state index in [1.54, 1.807) is 0 Å². The predicted octanol–water partition coefficient (Wildman–Crippen LogP) is -0.0471. The molecule has 0 aliphatic carbocycles. The molecule has 0 spiro atoms. The molecular weight excluding hydrogens is 236 g/mol. The number of amides is 2. The highest BCUT2D eigenvalue weighted by Crippen LogP contribution is 2.15. The van der Waals surface area contributed by atoms with Crippen molar-refractivity contribution >= 4 is 11.8 Å². The van der Waals surface area contributed by atoms with Crippen molar-refractivity contribution in [1.82, 2.24) is 10.8 Å². The Hall–Kier alpha value is -1.92. The van der Waals surface area contributed by atoms with Crippen LogP contribution < -0.4 is 10.8 Å². The van der Waals surface area contributed by atoms with Gasteiger partial charge >= 0.3 is 0 Å². The first-order chi connectivity index (χ1) is 8.72. The minimum absolute atomic E-state index is 0.249. The summed E-state index contributed by atoms with van der Waals surface area (Å²) in [6, 6.07) is 9.39. The van der Waals surface area contributed by atoms with E-state index < -0.39 is 18.1 Å². The van der Waals surface area contributed by atoms with Crippen LogP contribution in [-0.4, -0.2) is 25.2 Å². The van der Waals surface area contributed by atoms with Crippen LogP contribution in [0.3, 0.4) is 0 Å². The van der Waals surface area contributed by atoms with Gasteiger partial charge < -0.3 is 10.1 Å². The maximum absolute atomic E-state index is 11.6. The van der Waals surface area contributed by atoms with E-state index in [0.717, 1.165) is 5.56 Å². The van der Waals surface area contributed by atoms with E-state index in [4.69, 9.17) is 9.57 Å². The second kappa shape index (κ2) is 5.61. The Kier molecular flexibility index (Phi) is 3.91. The molecule has 1 aromatic rings. The lowest BCUT2D eigenvalue weighted by Gasteiger charge is -2.33. The smallest absolute Gasteiger partial charge is 0.260 e. The van der Waals surface area contributed by atoms with Crippen LogP contribution in [0, 0.1) is 5.92 Å². The molecule has 2 atom stereocenters. The number of hydrogen-bond acceptors (Lipinski definition) is 4. The highest BCUT2D eigenvalue weighted by atomic mass is 16.7. The van der Waals surface area contributed by atoms with Gasteiger partial charge in [0.05, 0.1) is 6.61 Å². The zero-order valence-electron chi connectivity index (χ0n) is 9.88. The largest absolute Gasteiger partial charge is 0.360 e. The third-order valence-corrected chi connectivity index (χ3v) is 2.66. The fourth-order valence-electron chi connectivity index (χ4n) is 1.63. The van der Waals surface area contributed by atoms with Gasteiger partial charge in [-0.3, -0.25) is 14.4 Å². The molecule has 96 valence electrons. The quantitative estimate of drug-likeness (QED) is 0.436. The Morgan fingerprint density at radius 3 is 2.72 bits per heavy atom. The van der Waals surface area contributed by atoms with Crippen LogP contribution in [0.2, 0.25) is 0 Å². The van der Waals surface area contributed by atoms with E-state index >= 15 is 0 Å². The Bertz CT molecular complexity index is 435. The van der Waals surface area contributed by atoms with Crippen LogP contribution in [0.15, 0.2) is 30.3 Å². The minimum atomic E-state index is -0.842. The summed E-state index contributed by atoms with van der Waals surface area (Å²) in [6.07, 6.45) is -0.571. The van der Waals surface area contributed by atoms with E-state index in [-0.39, 0.29) is 12.5 Å². The van der Waals surface area contributed by atoms with Gasteiger partial charge in [0.15, 0.2) is 5.92 Å². The van der Waals surface area contributed by atoms with Crippen LogP contribution in [0.4, 0.5) is 0 Å². The molecule has 1 aromatic carbocycles. The van der Waals surface area contributed by atoms with Crippen molar-refractivity contribution in [3.8, 4) is 0 Å². The number of benzene rings is 1. The van der Waals surface area contributed by atoms with Crippen molar-refractivity contribution in [1.29, 1.82) is 0 Å². The number of hydroxylamine groups is 1. The average Bonchev–Trinajstić information content (AvgIpc) is 2.37. The van der Waals surface area contributed by atoms with E-state index in [9.17, 15) is 9.59 Å². The van der Waals surface area contributed by atoms with E-state index in [2.05, 4.69) is 10.8 Å². The zero-order chi connectivity index (χ0) is 13.0. The molecule has 1 saturated heterocycles. The van der Waals surface area contributed by atoms with Crippen molar-refractivity contribution in [2.75, 3.05) is 7.11 Å². The topological polar surface area (TPSA) is 76.7 Å². The van der Waals surface area contributed by atoms with Gasteiger partial charge in [0.25, 0.3) is 5.91 Å². The summed E-state index contributed by atoms with van der Waals surface area (Å²) in [4.78, 5) is 27.8. The molecule has 1 aliphatic heterocycles. The second-order valence-corrected chi connectivity index (χ2v) is 3.88. The highest BCUT2D eigenvalue weighted by Gasteiger charge is 2.45. The number of hydrogen-bond donors (Lipinski definition) is 2. The summed E-state index contributed by atoms with van der Waals surface area (Å²) in [7, 11) is 1.43. The summed E-state index contributed by atoms with van der Waals surface area (Å²) in [5, 5.41) is 2.45. The molecule has 0 bridgehead atoms. The van der Waals surface area contributed by atoms with Gasteiger partial charge in [-0.25, -0.2) is 5.48 Å². The fraction of sp³-hybridized carbons (Fsp3) is 0.333.